The van der Waals surface area contributed by atoms with Crippen LogP contribution < -0.4 is 0 Å². The number of likely N-dealkylation sites (tertiary alicyclic amines) is 1. The molecule has 0 aromatic heterocycles. The summed E-state index contributed by atoms with van der Waals surface area (Å²) in [5, 5.41) is 10.8. The van der Waals surface area contributed by atoms with Crippen molar-refractivity contribution in [3.63, 3.8) is 0 Å². The van der Waals surface area contributed by atoms with E-state index >= 15 is 0 Å². The van der Waals surface area contributed by atoms with E-state index in [0.29, 0.717) is 18.5 Å². The van der Waals surface area contributed by atoms with Gasteiger partial charge in [0.15, 0.2) is 8.32 Å². The number of carbonyl (C=O) groups excluding carboxylic acids is 2. The molecule has 1 fully saturated rings. The Hall–Kier alpha value is -2.72. The number of carbonyl (C=O) groups is 2. The Labute approximate surface area is 196 Å². The normalized spacial score (nSPS) is 19.0. The van der Waals surface area contributed by atoms with Crippen molar-refractivity contribution in [2.75, 3.05) is 13.2 Å². The maximum atomic E-state index is 12.9. The summed E-state index contributed by atoms with van der Waals surface area (Å²) in [6.07, 6.45) is 2.83. The molecule has 2 rings (SSSR count). The quantitative estimate of drug-likeness (QED) is 0.173. The molecule has 2 unspecified atom stereocenters. The maximum Gasteiger partial charge on any atom is 0.410 e. The number of nitro groups is 1. The average molecular weight is 479 g/mol. The Morgan fingerprint density at radius 3 is 2.39 bits per heavy atom. The van der Waals surface area contributed by atoms with Crippen molar-refractivity contribution in [3.8, 4) is 0 Å². The van der Waals surface area contributed by atoms with Crippen molar-refractivity contribution in [1.82, 2.24) is 4.90 Å². The topological polar surface area (TPSA) is 108 Å². The predicted molar refractivity (Wildman–Crippen MR) is 126 cm³/mol. The Morgan fingerprint density at radius 2 is 1.85 bits per heavy atom. The highest BCUT2D eigenvalue weighted by molar-refractivity contribution is 6.74. The number of amides is 1. The van der Waals surface area contributed by atoms with Crippen LogP contribution in [0.25, 0.3) is 0 Å². The van der Waals surface area contributed by atoms with Crippen LogP contribution in [-0.4, -0.2) is 55.5 Å². The first-order chi connectivity index (χ1) is 15.3. The van der Waals surface area contributed by atoms with Crippen molar-refractivity contribution in [1.29, 1.82) is 0 Å². The highest BCUT2D eigenvalue weighted by Crippen LogP contribution is 2.39. The van der Waals surface area contributed by atoms with Gasteiger partial charge in [0.2, 0.25) is 0 Å². The van der Waals surface area contributed by atoms with Crippen molar-refractivity contribution < 1.29 is 28.4 Å². The van der Waals surface area contributed by atoms with Gasteiger partial charge in [0.05, 0.1) is 23.7 Å². The van der Waals surface area contributed by atoms with E-state index in [2.05, 4.69) is 33.9 Å². The molecule has 1 saturated heterocycles. The number of nitro benzene ring substituents is 1. The summed E-state index contributed by atoms with van der Waals surface area (Å²) in [6, 6.07) is 5.47. The third-order valence-corrected chi connectivity index (χ3v) is 10.6. The van der Waals surface area contributed by atoms with Gasteiger partial charge in [-0.1, -0.05) is 26.8 Å². The smallest absolute Gasteiger partial charge is 0.410 e. The van der Waals surface area contributed by atoms with Crippen molar-refractivity contribution in [2.45, 2.75) is 71.0 Å². The SMILES string of the molecule is CCOC(=O)C=CC1CC(O[Si](C)(C)C(C)(C)C)CN1C(=O)OCc1ccc([N+](=O)[O-])cc1. The number of ether oxygens (including phenoxy) is 2. The summed E-state index contributed by atoms with van der Waals surface area (Å²) >= 11 is 0. The Bertz CT molecular complexity index is 878. The lowest BCUT2D eigenvalue weighted by Crippen LogP contribution is -2.44. The van der Waals surface area contributed by atoms with Crippen LogP contribution in [0.1, 0.15) is 39.7 Å². The van der Waals surface area contributed by atoms with Gasteiger partial charge >= 0.3 is 12.1 Å². The minimum absolute atomic E-state index is 0.0185. The monoisotopic (exact) mass is 478 g/mol. The van der Waals surface area contributed by atoms with Crippen LogP contribution in [0.2, 0.25) is 18.1 Å². The van der Waals surface area contributed by atoms with Crippen LogP contribution in [0.3, 0.4) is 0 Å². The molecule has 182 valence electrons. The summed E-state index contributed by atoms with van der Waals surface area (Å²) in [7, 11) is -2.06. The molecule has 0 saturated carbocycles. The lowest BCUT2D eigenvalue weighted by molar-refractivity contribution is -0.384. The molecule has 1 aliphatic rings. The average Bonchev–Trinajstić information content (AvgIpc) is 3.12. The van der Waals surface area contributed by atoms with Gasteiger partial charge in [0, 0.05) is 24.8 Å². The van der Waals surface area contributed by atoms with E-state index in [-0.39, 0.29) is 36.1 Å². The van der Waals surface area contributed by atoms with Crippen molar-refractivity contribution >= 4 is 26.1 Å². The van der Waals surface area contributed by atoms with Crippen LogP contribution in [0.4, 0.5) is 10.5 Å². The number of hydrogen-bond donors (Lipinski definition) is 0. The first-order valence-corrected chi connectivity index (χ1v) is 13.9. The molecule has 1 aliphatic heterocycles. The molecule has 9 nitrogen and oxygen atoms in total. The van der Waals surface area contributed by atoms with Gasteiger partial charge in [-0.25, -0.2) is 9.59 Å². The first-order valence-electron chi connectivity index (χ1n) is 11.0. The van der Waals surface area contributed by atoms with Crippen LogP contribution in [0.15, 0.2) is 36.4 Å². The lowest BCUT2D eigenvalue weighted by Gasteiger charge is -2.38. The number of rotatable bonds is 8. The molecule has 0 radical (unpaired) electrons. The van der Waals surface area contributed by atoms with E-state index in [4.69, 9.17) is 13.9 Å². The molecule has 0 bridgehead atoms. The number of nitrogens with zero attached hydrogens (tertiary/aromatic N) is 2. The minimum atomic E-state index is -2.06. The molecule has 0 aliphatic carbocycles. The second-order valence-corrected chi connectivity index (χ2v) is 14.3. The number of hydrogen-bond acceptors (Lipinski definition) is 7. The predicted octanol–water partition coefficient (Wildman–Crippen LogP) is 4.82. The molecule has 33 heavy (non-hydrogen) atoms. The molecular formula is C23H34N2O7Si. The van der Waals surface area contributed by atoms with Gasteiger partial charge in [-0.05, 0) is 49.2 Å². The van der Waals surface area contributed by atoms with E-state index in [1.165, 1.54) is 18.2 Å². The molecule has 10 heteroatoms. The fourth-order valence-corrected chi connectivity index (χ4v) is 4.58. The Kier molecular flexibility index (Phi) is 8.79. The summed E-state index contributed by atoms with van der Waals surface area (Å²) < 4.78 is 16.9. The van der Waals surface area contributed by atoms with Crippen LogP contribution in [-0.2, 0) is 25.3 Å². The van der Waals surface area contributed by atoms with E-state index in [1.54, 1.807) is 30.0 Å². The fourth-order valence-electron chi connectivity index (χ4n) is 3.22. The van der Waals surface area contributed by atoms with Crippen LogP contribution in [0, 0.1) is 10.1 Å². The number of esters is 1. The van der Waals surface area contributed by atoms with E-state index < -0.39 is 25.3 Å². The second kappa shape index (κ2) is 10.9. The molecule has 1 amide bonds. The molecule has 0 spiro atoms. The van der Waals surface area contributed by atoms with Crippen molar-refractivity contribution in [3.05, 3.63) is 52.1 Å². The van der Waals surface area contributed by atoms with Gasteiger partial charge in [-0.2, -0.15) is 0 Å². The molecule has 1 aromatic carbocycles. The zero-order valence-electron chi connectivity index (χ0n) is 20.2. The van der Waals surface area contributed by atoms with E-state index in [9.17, 15) is 19.7 Å². The highest BCUT2D eigenvalue weighted by atomic mass is 28.4. The summed E-state index contributed by atoms with van der Waals surface area (Å²) in [4.78, 5) is 36.5. The number of benzene rings is 1. The van der Waals surface area contributed by atoms with Crippen molar-refractivity contribution in [2.24, 2.45) is 0 Å². The number of non-ortho nitro benzene ring substituents is 1. The summed E-state index contributed by atoms with van der Waals surface area (Å²) in [5.41, 5.74) is 0.611. The first kappa shape index (κ1) is 26.5. The maximum absolute atomic E-state index is 12.9. The third kappa shape index (κ3) is 7.39. The van der Waals surface area contributed by atoms with Gasteiger partial charge in [-0.3, -0.25) is 15.0 Å². The van der Waals surface area contributed by atoms with E-state index in [0.717, 1.165) is 0 Å². The molecule has 2 atom stereocenters. The van der Waals surface area contributed by atoms with Gasteiger partial charge in [-0.15, -0.1) is 0 Å². The van der Waals surface area contributed by atoms with Gasteiger partial charge in [0.25, 0.3) is 5.69 Å². The zero-order chi connectivity index (χ0) is 24.8. The van der Waals surface area contributed by atoms with Gasteiger partial charge < -0.3 is 13.9 Å². The molecular weight excluding hydrogens is 444 g/mol. The van der Waals surface area contributed by atoms with Crippen LogP contribution in [0.5, 0.6) is 0 Å². The largest absolute Gasteiger partial charge is 0.463 e. The Balaban J connectivity index is 2.10. The molecule has 1 aromatic rings. The fraction of sp³-hybridized carbons (Fsp3) is 0.565. The van der Waals surface area contributed by atoms with E-state index in [1.807, 2.05) is 0 Å². The zero-order valence-corrected chi connectivity index (χ0v) is 21.2. The standard InChI is InChI=1S/C23H34N2O7Si/c1-7-30-21(26)13-12-19-14-20(32-33(5,6)23(2,3)4)15-24(19)22(27)31-16-17-8-10-18(11-9-17)25(28)29/h8-13,19-20H,7,14-16H2,1-6H3. The highest BCUT2D eigenvalue weighted by Gasteiger charge is 2.43. The second-order valence-electron chi connectivity index (χ2n) is 9.54. The summed E-state index contributed by atoms with van der Waals surface area (Å²) in [6.45, 7) is 13.1. The Morgan fingerprint density at radius 1 is 1.21 bits per heavy atom. The molecule has 1 heterocycles. The third-order valence-electron chi connectivity index (χ3n) is 6.06. The minimum Gasteiger partial charge on any atom is -0.463 e. The van der Waals surface area contributed by atoms with Crippen LogP contribution >= 0.6 is 0 Å². The lowest BCUT2D eigenvalue weighted by atomic mass is 10.2. The van der Waals surface area contributed by atoms with Gasteiger partial charge in [0.1, 0.15) is 6.61 Å². The summed E-state index contributed by atoms with van der Waals surface area (Å²) in [5.74, 6) is -0.467. The molecule has 0 N–H and O–H groups in total.